The number of nitrogens with zero attached hydrogens (tertiary/aromatic N) is 1. The average Bonchev–Trinajstić information content (AvgIpc) is 2.75. The van der Waals surface area contributed by atoms with Crippen LogP contribution in [0.2, 0.25) is 0 Å². The molecule has 1 aliphatic heterocycles. The number of hydrogen-bond donors (Lipinski definition) is 1. The molecule has 2 heterocycles. The molecule has 1 fully saturated rings. The van der Waals surface area contributed by atoms with E-state index in [9.17, 15) is 0 Å². The Morgan fingerprint density at radius 1 is 1.35 bits per heavy atom. The van der Waals surface area contributed by atoms with Crippen molar-refractivity contribution in [1.29, 1.82) is 0 Å². The van der Waals surface area contributed by atoms with Gasteiger partial charge in [0.05, 0.1) is 6.54 Å². The van der Waals surface area contributed by atoms with Gasteiger partial charge in [0, 0.05) is 6.54 Å². The van der Waals surface area contributed by atoms with Crippen molar-refractivity contribution in [2.45, 2.75) is 33.2 Å². The fraction of sp³-hybridized carbons (Fsp3) is 0.714. The van der Waals surface area contributed by atoms with Gasteiger partial charge in [-0.2, -0.15) is 0 Å². The van der Waals surface area contributed by atoms with Gasteiger partial charge in [0.15, 0.2) is 0 Å². The molecule has 0 amide bonds. The topological polar surface area (TPSA) is 28.4 Å². The Bertz CT molecular complexity index is 329. The normalized spacial score (nSPS) is 17.8. The SMILES string of the molecule is CCN(Cc1ccc(C)o1)CC1CCNCC1. The molecule has 0 unspecified atom stereocenters. The zero-order valence-electron chi connectivity index (χ0n) is 11.0. The molecule has 1 saturated heterocycles. The number of rotatable bonds is 5. The van der Waals surface area contributed by atoms with Crippen molar-refractivity contribution in [2.75, 3.05) is 26.2 Å². The lowest BCUT2D eigenvalue weighted by molar-refractivity contribution is 0.194. The highest BCUT2D eigenvalue weighted by molar-refractivity contribution is 5.05. The lowest BCUT2D eigenvalue weighted by atomic mass is 9.97. The van der Waals surface area contributed by atoms with Crippen molar-refractivity contribution in [2.24, 2.45) is 5.92 Å². The van der Waals surface area contributed by atoms with E-state index in [0.29, 0.717) is 0 Å². The monoisotopic (exact) mass is 236 g/mol. The molecule has 1 aromatic heterocycles. The van der Waals surface area contributed by atoms with Crippen LogP contribution in [0.4, 0.5) is 0 Å². The van der Waals surface area contributed by atoms with Gasteiger partial charge in [0.2, 0.25) is 0 Å². The molecule has 0 saturated carbocycles. The molecule has 0 spiro atoms. The molecule has 17 heavy (non-hydrogen) atoms. The minimum Gasteiger partial charge on any atom is -0.465 e. The van der Waals surface area contributed by atoms with Gasteiger partial charge >= 0.3 is 0 Å². The van der Waals surface area contributed by atoms with E-state index >= 15 is 0 Å². The quantitative estimate of drug-likeness (QED) is 0.851. The largest absolute Gasteiger partial charge is 0.465 e. The van der Waals surface area contributed by atoms with Crippen LogP contribution in [0.5, 0.6) is 0 Å². The Labute approximate surface area is 104 Å². The Kier molecular flexibility index (Phi) is 4.63. The molecule has 0 atom stereocenters. The number of piperidine rings is 1. The van der Waals surface area contributed by atoms with Crippen molar-refractivity contribution >= 4 is 0 Å². The Balaban J connectivity index is 1.83. The summed E-state index contributed by atoms with van der Waals surface area (Å²) in [7, 11) is 0. The van der Waals surface area contributed by atoms with Crippen LogP contribution in [-0.4, -0.2) is 31.1 Å². The molecule has 0 aliphatic carbocycles. The van der Waals surface area contributed by atoms with Crippen LogP contribution < -0.4 is 5.32 Å². The predicted molar refractivity (Wildman–Crippen MR) is 70.0 cm³/mol. The molecule has 1 N–H and O–H groups in total. The molecule has 3 nitrogen and oxygen atoms in total. The first-order valence-electron chi connectivity index (χ1n) is 6.76. The maximum Gasteiger partial charge on any atom is 0.118 e. The smallest absolute Gasteiger partial charge is 0.118 e. The summed E-state index contributed by atoms with van der Waals surface area (Å²) in [4.78, 5) is 2.49. The minimum atomic E-state index is 0.854. The minimum absolute atomic E-state index is 0.854. The Hall–Kier alpha value is -0.800. The molecule has 0 bridgehead atoms. The fourth-order valence-corrected chi connectivity index (χ4v) is 2.53. The van der Waals surface area contributed by atoms with E-state index in [2.05, 4.69) is 23.2 Å². The summed E-state index contributed by atoms with van der Waals surface area (Å²) in [5.41, 5.74) is 0. The Morgan fingerprint density at radius 2 is 2.12 bits per heavy atom. The van der Waals surface area contributed by atoms with E-state index in [4.69, 9.17) is 4.42 Å². The van der Waals surface area contributed by atoms with Crippen molar-refractivity contribution in [3.63, 3.8) is 0 Å². The molecule has 2 rings (SSSR count). The number of hydrogen-bond acceptors (Lipinski definition) is 3. The van der Waals surface area contributed by atoms with E-state index in [1.807, 2.05) is 13.0 Å². The van der Waals surface area contributed by atoms with Gasteiger partial charge in [-0.3, -0.25) is 4.90 Å². The van der Waals surface area contributed by atoms with Crippen molar-refractivity contribution in [1.82, 2.24) is 10.2 Å². The number of furan rings is 1. The van der Waals surface area contributed by atoms with Gasteiger partial charge in [-0.05, 0) is 57.5 Å². The summed E-state index contributed by atoms with van der Waals surface area (Å²) < 4.78 is 5.65. The summed E-state index contributed by atoms with van der Waals surface area (Å²) >= 11 is 0. The van der Waals surface area contributed by atoms with Crippen LogP contribution >= 0.6 is 0 Å². The van der Waals surface area contributed by atoms with E-state index in [-0.39, 0.29) is 0 Å². The molecule has 1 aliphatic rings. The second kappa shape index (κ2) is 6.22. The number of aryl methyl sites for hydroxylation is 1. The molecular weight excluding hydrogens is 212 g/mol. The van der Waals surface area contributed by atoms with Crippen molar-refractivity contribution in [3.05, 3.63) is 23.7 Å². The summed E-state index contributed by atoms with van der Waals surface area (Å²) in [6, 6.07) is 4.15. The van der Waals surface area contributed by atoms with E-state index < -0.39 is 0 Å². The van der Waals surface area contributed by atoms with Crippen LogP contribution in [0.1, 0.15) is 31.3 Å². The van der Waals surface area contributed by atoms with Gasteiger partial charge < -0.3 is 9.73 Å². The molecule has 96 valence electrons. The summed E-state index contributed by atoms with van der Waals surface area (Å²) in [5, 5.41) is 3.42. The van der Waals surface area contributed by atoms with Crippen LogP contribution in [-0.2, 0) is 6.54 Å². The molecule has 3 heteroatoms. The highest BCUT2D eigenvalue weighted by Crippen LogP contribution is 2.16. The maximum absolute atomic E-state index is 5.65. The second-order valence-corrected chi connectivity index (χ2v) is 5.03. The zero-order chi connectivity index (χ0) is 12.1. The highest BCUT2D eigenvalue weighted by Gasteiger charge is 2.16. The van der Waals surface area contributed by atoms with Crippen LogP contribution in [0.25, 0.3) is 0 Å². The predicted octanol–water partition coefficient (Wildman–Crippen LogP) is 2.41. The van der Waals surface area contributed by atoms with Gasteiger partial charge in [0.1, 0.15) is 11.5 Å². The van der Waals surface area contributed by atoms with E-state index in [1.165, 1.54) is 32.5 Å². The lowest BCUT2D eigenvalue weighted by Gasteiger charge is -2.28. The first-order chi connectivity index (χ1) is 8.28. The fourth-order valence-electron chi connectivity index (χ4n) is 2.53. The molecule has 1 aromatic rings. The van der Waals surface area contributed by atoms with Crippen molar-refractivity contribution in [3.8, 4) is 0 Å². The van der Waals surface area contributed by atoms with Crippen LogP contribution in [0, 0.1) is 12.8 Å². The highest BCUT2D eigenvalue weighted by atomic mass is 16.3. The summed E-state index contributed by atoms with van der Waals surface area (Å²) in [6.07, 6.45) is 2.63. The Morgan fingerprint density at radius 3 is 2.71 bits per heavy atom. The third-order valence-corrected chi connectivity index (χ3v) is 3.60. The van der Waals surface area contributed by atoms with Crippen LogP contribution in [0.15, 0.2) is 16.5 Å². The third kappa shape index (κ3) is 3.86. The van der Waals surface area contributed by atoms with Crippen LogP contribution in [0.3, 0.4) is 0 Å². The van der Waals surface area contributed by atoms with E-state index in [0.717, 1.165) is 30.5 Å². The zero-order valence-corrected chi connectivity index (χ0v) is 11.0. The van der Waals surface area contributed by atoms with Crippen molar-refractivity contribution < 1.29 is 4.42 Å². The van der Waals surface area contributed by atoms with Gasteiger partial charge in [-0.1, -0.05) is 6.92 Å². The molecule has 0 aromatic carbocycles. The first-order valence-corrected chi connectivity index (χ1v) is 6.76. The van der Waals surface area contributed by atoms with Gasteiger partial charge in [0.25, 0.3) is 0 Å². The average molecular weight is 236 g/mol. The first kappa shape index (κ1) is 12.7. The standard InChI is InChI=1S/C14H24N2O/c1-3-16(10-13-6-8-15-9-7-13)11-14-5-4-12(2)17-14/h4-5,13,15H,3,6-11H2,1-2H3. The lowest BCUT2D eigenvalue weighted by Crippen LogP contribution is -2.35. The molecular formula is C14H24N2O. The molecule has 0 radical (unpaired) electrons. The van der Waals surface area contributed by atoms with Gasteiger partial charge in [-0.15, -0.1) is 0 Å². The summed E-state index contributed by atoms with van der Waals surface area (Å²) in [5.74, 6) is 2.96. The third-order valence-electron chi connectivity index (χ3n) is 3.60. The number of nitrogens with one attached hydrogen (secondary N) is 1. The van der Waals surface area contributed by atoms with E-state index in [1.54, 1.807) is 0 Å². The van der Waals surface area contributed by atoms with Gasteiger partial charge in [-0.25, -0.2) is 0 Å². The summed E-state index contributed by atoms with van der Waals surface area (Å²) in [6.45, 7) is 9.86. The second-order valence-electron chi connectivity index (χ2n) is 5.03. The maximum atomic E-state index is 5.65.